The van der Waals surface area contributed by atoms with E-state index < -0.39 is 16.9 Å². The van der Waals surface area contributed by atoms with E-state index in [0.29, 0.717) is 12.2 Å². The van der Waals surface area contributed by atoms with Gasteiger partial charge in [-0.25, -0.2) is 9.90 Å². The maximum absolute atomic E-state index is 13.7. The minimum absolute atomic E-state index is 0.121. The van der Waals surface area contributed by atoms with Gasteiger partial charge in [0.15, 0.2) is 6.79 Å². The van der Waals surface area contributed by atoms with Gasteiger partial charge in [0.2, 0.25) is 0 Å². The van der Waals surface area contributed by atoms with Gasteiger partial charge in [0.05, 0.1) is 17.6 Å². The Bertz CT molecular complexity index is 1090. The topological polar surface area (TPSA) is 65.1 Å². The van der Waals surface area contributed by atoms with E-state index in [1.807, 2.05) is 63.2 Å². The largest absolute Gasteiger partial charge is 0.427 e. The molecule has 0 N–H and O–H groups in total. The second-order valence-corrected chi connectivity index (χ2v) is 10.4. The van der Waals surface area contributed by atoms with Crippen LogP contribution in [0.15, 0.2) is 48.2 Å². The van der Waals surface area contributed by atoms with Gasteiger partial charge in [0.25, 0.3) is 5.91 Å². The number of amides is 1. The van der Waals surface area contributed by atoms with Crippen LogP contribution in [0.25, 0.3) is 5.57 Å². The Morgan fingerprint density at radius 3 is 2.15 bits per heavy atom. The summed E-state index contributed by atoms with van der Waals surface area (Å²) < 4.78 is 11.6. The minimum Gasteiger partial charge on any atom is -0.427 e. The molecule has 0 spiro atoms. The fraction of sp³-hybridized carbons (Fsp3) is 0.429. The molecular weight excluding hydrogens is 430 g/mol. The first kappa shape index (κ1) is 25.7. The highest BCUT2D eigenvalue weighted by Gasteiger charge is 2.51. The number of carbonyl (C=O) groups is 2. The highest BCUT2D eigenvalue weighted by atomic mass is 16.8. The van der Waals surface area contributed by atoms with E-state index in [-0.39, 0.29) is 18.5 Å². The molecule has 1 amide bonds. The van der Waals surface area contributed by atoms with Gasteiger partial charge in [-0.15, -0.1) is 0 Å². The Balaban J connectivity index is 1.94. The second-order valence-electron chi connectivity index (χ2n) is 10.4. The molecule has 0 fully saturated rings. The summed E-state index contributed by atoms with van der Waals surface area (Å²) in [4.78, 5) is 32.4. The molecule has 2 aromatic rings. The molecule has 1 heterocycles. The van der Waals surface area contributed by atoms with Crippen LogP contribution < -0.4 is 0 Å². The molecule has 0 bridgehead atoms. The maximum Gasteiger partial charge on any atom is 0.316 e. The highest BCUT2D eigenvalue weighted by Crippen LogP contribution is 2.43. The SMILES string of the molecule is Cc1cc(C)c(C2=C(OC(=O)C(C)(C)C)C(C)(C)N(OCOCc3ccccc3)C2=O)c(C)c1. The molecule has 0 unspecified atom stereocenters. The lowest BCUT2D eigenvalue weighted by atomic mass is 9.91. The van der Waals surface area contributed by atoms with Crippen molar-refractivity contribution in [2.45, 2.75) is 67.5 Å². The molecule has 1 aliphatic heterocycles. The minimum atomic E-state index is -1.02. The number of hydrogen-bond acceptors (Lipinski definition) is 5. The Labute approximate surface area is 202 Å². The summed E-state index contributed by atoms with van der Waals surface area (Å²) in [5, 5.41) is 1.26. The zero-order chi connectivity index (χ0) is 25.3. The first-order chi connectivity index (χ1) is 15.8. The van der Waals surface area contributed by atoms with Gasteiger partial charge in [-0.3, -0.25) is 9.59 Å². The number of hydroxylamine groups is 2. The lowest BCUT2D eigenvalue weighted by Gasteiger charge is -2.32. The van der Waals surface area contributed by atoms with Crippen LogP contribution in [0.2, 0.25) is 0 Å². The number of nitrogens with zero attached hydrogens (tertiary/aromatic N) is 1. The van der Waals surface area contributed by atoms with Crippen molar-refractivity contribution in [1.29, 1.82) is 0 Å². The van der Waals surface area contributed by atoms with Gasteiger partial charge < -0.3 is 9.47 Å². The number of rotatable bonds is 7. The van der Waals surface area contributed by atoms with Gasteiger partial charge >= 0.3 is 5.97 Å². The molecule has 6 nitrogen and oxygen atoms in total. The van der Waals surface area contributed by atoms with Gasteiger partial charge in [0, 0.05) is 0 Å². The molecule has 0 aliphatic carbocycles. The molecule has 0 atom stereocenters. The summed E-state index contributed by atoms with van der Waals surface area (Å²) in [5.41, 5.74) is 3.32. The van der Waals surface area contributed by atoms with Gasteiger partial charge in [-0.2, -0.15) is 0 Å². The van der Waals surface area contributed by atoms with E-state index in [0.717, 1.165) is 27.8 Å². The average molecular weight is 466 g/mol. The summed E-state index contributed by atoms with van der Waals surface area (Å²) in [5.74, 6) is -0.485. The molecule has 0 saturated heterocycles. The third-order valence-corrected chi connectivity index (χ3v) is 5.80. The standard InChI is InChI=1S/C28H35NO5/c1-18-14-19(2)22(20(3)15-18)23-24(34-26(31)27(4,5)6)28(7,8)29(25(23)30)33-17-32-16-21-12-10-9-11-13-21/h9-15H,16-17H2,1-8H3. The van der Waals surface area contributed by atoms with Crippen LogP contribution in [-0.4, -0.2) is 29.3 Å². The average Bonchev–Trinajstić information content (AvgIpc) is 2.91. The third-order valence-electron chi connectivity index (χ3n) is 5.80. The van der Waals surface area contributed by atoms with E-state index in [9.17, 15) is 9.59 Å². The number of hydrogen-bond donors (Lipinski definition) is 0. The molecule has 0 radical (unpaired) electrons. The fourth-order valence-corrected chi connectivity index (χ4v) is 4.11. The quantitative estimate of drug-likeness (QED) is 0.301. The van der Waals surface area contributed by atoms with E-state index in [1.165, 1.54) is 5.06 Å². The molecule has 3 rings (SSSR count). The van der Waals surface area contributed by atoms with Crippen molar-refractivity contribution >= 4 is 17.4 Å². The van der Waals surface area contributed by atoms with Crippen LogP contribution in [0.4, 0.5) is 0 Å². The van der Waals surface area contributed by atoms with Crippen LogP contribution in [0, 0.1) is 26.2 Å². The van der Waals surface area contributed by atoms with Crippen molar-refractivity contribution < 1.29 is 23.9 Å². The van der Waals surface area contributed by atoms with E-state index in [2.05, 4.69) is 0 Å². The smallest absolute Gasteiger partial charge is 0.316 e. The predicted molar refractivity (Wildman–Crippen MR) is 131 cm³/mol. The van der Waals surface area contributed by atoms with Crippen molar-refractivity contribution in [1.82, 2.24) is 5.06 Å². The molecule has 182 valence electrons. The first-order valence-corrected chi connectivity index (χ1v) is 11.5. The van der Waals surface area contributed by atoms with Gasteiger partial charge in [-0.05, 0) is 77.6 Å². The second kappa shape index (κ2) is 9.72. The molecular formula is C28H35NO5. The Kier molecular flexibility index (Phi) is 7.34. The van der Waals surface area contributed by atoms with Gasteiger partial charge in [-0.1, -0.05) is 48.0 Å². The van der Waals surface area contributed by atoms with Crippen LogP contribution in [0.3, 0.4) is 0 Å². The monoisotopic (exact) mass is 465 g/mol. The number of benzene rings is 2. The summed E-state index contributed by atoms with van der Waals surface area (Å²) in [6.07, 6.45) is 0. The Hall–Kier alpha value is -2.96. The lowest BCUT2D eigenvalue weighted by Crippen LogP contribution is -2.45. The Morgan fingerprint density at radius 1 is 1.00 bits per heavy atom. The molecule has 0 saturated carbocycles. The van der Waals surface area contributed by atoms with Crippen molar-refractivity contribution in [3.05, 3.63) is 76.0 Å². The Morgan fingerprint density at radius 2 is 1.59 bits per heavy atom. The highest BCUT2D eigenvalue weighted by molar-refractivity contribution is 6.23. The van der Waals surface area contributed by atoms with Crippen molar-refractivity contribution in [3.8, 4) is 0 Å². The lowest BCUT2D eigenvalue weighted by molar-refractivity contribution is -0.246. The molecule has 2 aromatic carbocycles. The molecule has 6 heteroatoms. The fourth-order valence-electron chi connectivity index (χ4n) is 4.11. The van der Waals surface area contributed by atoms with Crippen LogP contribution in [0.1, 0.15) is 62.4 Å². The normalized spacial score (nSPS) is 15.8. The summed E-state index contributed by atoms with van der Waals surface area (Å²) in [6, 6.07) is 13.8. The first-order valence-electron chi connectivity index (χ1n) is 11.5. The van der Waals surface area contributed by atoms with Crippen molar-refractivity contribution in [2.24, 2.45) is 5.41 Å². The van der Waals surface area contributed by atoms with Crippen LogP contribution >= 0.6 is 0 Å². The van der Waals surface area contributed by atoms with E-state index in [1.54, 1.807) is 34.6 Å². The summed E-state index contributed by atoms with van der Waals surface area (Å²) >= 11 is 0. The van der Waals surface area contributed by atoms with Crippen LogP contribution in [-0.2, 0) is 30.5 Å². The molecule has 0 aromatic heterocycles. The van der Waals surface area contributed by atoms with E-state index in [4.69, 9.17) is 14.3 Å². The zero-order valence-electron chi connectivity index (χ0n) is 21.4. The predicted octanol–water partition coefficient (Wildman–Crippen LogP) is 5.64. The summed E-state index contributed by atoms with van der Waals surface area (Å²) in [7, 11) is 0. The molecule has 1 aliphatic rings. The van der Waals surface area contributed by atoms with Crippen molar-refractivity contribution in [2.75, 3.05) is 6.79 Å². The van der Waals surface area contributed by atoms with Gasteiger partial charge in [0.1, 0.15) is 11.3 Å². The number of esters is 1. The number of aryl methyl sites for hydroxylation is 3. The number of carbonyl (C=O) groups excluding carboxylic acids is 2. The third kappa shape index (κ3) is 5.24. The zero-order valence-corrected chi connectivity index (χ0v) is 21.4. The maximum atomic E-state index is 13.7. The van der Waals surface area contributed by atoms with Crippen LogP contribution in [0.5, 0.6) is 0 Å². The van der Waals surface area contributed by atoms with E-state index >= 15 is 0 Å². The summed E-state index contributed by atoms with van der Waals surface area (Å²) in [6.45, 7) is 15.1. The molecule has 34 heavy (non-hydrogen) atoms. The number of ether oxygens (including phenoxy) is 2. The van der Waals surface area contributed by atoms with Crippen molar-refractivity contribution in [3.63, 3.8) is 0 Å².